The van der Waals surface area contributed by atoms with Crippen molar-refractivity contribution in [1.82, 2.24) is 24.5 Å². The smallest absolute Gasteiger partial charge is 0.279 e. The minimum absolute atomic E-state index is 0.0634. The average molecular weight is 494 g/mol. The fourth-order valence-electron chi connectivity index (χ4n) is 4.25. The fraction of sp³-hybridized carbons (Fsp3) is 0.172. The summed E-state index contributed by atoms with van der Waals surface area (Å²) in [6, 6.07) is 26.9. The van der Waals surface area contributed by atoms with E-state index in [1.54, 1.807) is 7.11 Å². The van der Waals surface area contributed by atoms with Crippen molar-refractivity contribution in [3.8, 4) is 17.1 Å². The molecule has 3 aromatic carbocycles. The van der Waals surface area contributed by atoms with E-state index in [4.69, 9.17) is 9.72 Å². The highest BCUT2D eigenvalue weighted by molar-refractivity contribution is 5.78. The third-order valence-electron chi connectivity index (χ3n) is 6.33. The lowest BCUT2D eigenvalue weighted by molar-refractivity contribution is -0.120. The average Bonchev–Trinajstić information content (AvgIpc) is 3.39. The minimum Gasteiger partial charge on any atom is -0.497 e. The van der Waals surface area contributed by atoms with Crippen molar-refractivity contribution in [2.24, 2.45) is 0 Å². The standard InChI is InChI=1S/C29H27N5O3/c1-20-25(17-26(35)30-18-21-13-15-24(37-2)16-14-21)28(36)34-29(33(20)19-22-9-5-3-6-10-22)31-27(32-34)23-11-7-4-8-12-23/h3-16H,17-19H2,1-2H3,(H,30,35). The normalized spacial score (nSPS) is 11.0. The first-order valence-corrected chi connectivity index (χ1v) is 12.0. The van der Waals surface area contributed by atoms with Gasteiger partial charge in [0, 0.05) is 23.4 Å². The van der Waals surface area contributed by atoms with Gasteiger partial charge in [-0.05, 0) is 30.2 Å². The zero-order valence-corrected chi connectivity index (χ0v) is 20.7. The second kappa shape index (κ2) is 10.5. The van der Waals surface area contributed by atoms with Crippen molar-refractivity contribution in [1.29, 1.82) is 0 Å². The van der Waals surface area contributed by atoms with E-state index in [0.29, 0.717) is 35.9 Å². The number of hydrogen-bond acceptors (Lipinski definition) is 5. The molecule has 1 N–H and O–H groups in total. The number of hydrogen-bond donors (Lipinski definition) is 1. The predicted molar refractivity (Wildman–Crippen MR) is 142 cm³/mol. The molecule has 5 aromatic rings. The van der Waals surface area contributed by atoms with Gasteiger partial charge >= 0.3 is 0 Å². The second-order valence-electron chi connectivity index (χ2n) is 8.76. The Balaban J connectivity index is 1.50. The fourth-order valence-corrected chi connectivity index (χ4v) is 4.25. The van der Waals surface area contributed by atoms with Gasteiger partial charge in [0.25, 0.3) is 5.56 Å². The van der Waals surface area contributed by atoms with Gasteiger partial charge in [-0.3, -0.25) is 9.59 Å². The molecule has 5 rings (SSSR count). The molecule has 0 unspecified atom stereocenters. The molecule has 8 nitrogen and oxygen atoms in total. The number of rotatable bonds is 8. The number of carbonyl (C=O) groups excluding carboxylic acids is 1. The second-order valence-corrected chi connectivity index (χ2v) is 8.76. The van der Waals surface area contributed by atoms with Gasteiger partial charge < -0.3 is 14.6 Å². The summed E-state index contributed by atoms with van der Waals surface area (Å²) in [6.45, 7) is 2.70. The van der Waals surface area contributed by atoms with E-state index in [1.807, 2.05) is 96.4 Å². The first-order valence-electron chi connectivity index (χ1n) is 12.0. The lowest BCUT2D eigenvalue weighted by Gasteiger charge is -2.15. The van der Waals surface area contributed by atoms with Crippen LogP contribution in [-0.4, -0.2) is 32.2 Å². The van der Waals surface area contributed by atoms with E-state index >= 15 is 0 Å². The zero-order valence-electron chi connectivity index (χ0n) is 20.7. The number of nitrogens with zero attached hydrogens (tertiary/aromatic N) is 4. The molecule has 0 radical (unpaired) electrons. The van der Waals surface area contributed by atoms with E-state index in [-0.39, 0.29) is 17.9 Å². The molecule has 0 saturated carbocycles. The third kappa shape index (κ3) is 5.13. The maximum absolute atomic E-state index is 13.5. The van der Waals surface area contributed by atoms with Crippen molar-refractivity contribution in [2.45, 2.75) is 26.4 Å². The van der Waals surface area contributed by atoms with Crippen molar-refractivity contribution in [3.63, 3.8) is 0 Å². The molecule has 1 amide bonds. The van der Waals surface area contributed by atoms with Gasteiger partial charge in [0.15, 0.2) is 5.82 Å². The van der Waals surface area contributed by atoms with Crippen LogP contribution in [0.2, 0.25) is 0 Å². The molecule has 186 valence electrons. The van der Waals surface area contributed by atoms with Gasteiger partial charge in [-0.15, -0.1) is 5.10 Å². The molecule has 0 fully saturated rings. The van der Waals surface area contributed by atoms with E-state index in [2.05, 4.69) is 10.4 Å². The number of methoxy groups -OCH3 is 1. The van der Waals surface area contributed by atoms with Gasteiger partial charge in [-0.2, -0.15) is 9.50 Å². The van der Waals surface area contributed by atoms with E-state index < -0.39 is 0 Å². The van der Waals surface area contributed by atoms with Gasteiger partial charge in [-0.1, -0.05) is 72.8 Å². The Labute approximate surface area is 214 Å². The lowest BCUT2D eigenvalue weighted by atomic mass is 10.1. The van der Waals surface area contributed by atoms with Crippen molar-refractivity contribution in [3.05, 3.63) is 118 Å². The summed E-state index contributed by atoms with van der Waals surface area (Å²) in [5.41, 5.74) is 3.54. The number of benzene rings is 3. The van der Waals surface area contributed by atoms with Crippen LogP contribution in [0.3, 0.4) is 0 Å². The first kappa shape index (κ1) is 24.0. The monoisotopic (exact) mass is 493 g/mol. The van der Waals surface area contributed by atoms with Gasteiger partial charge in [0.2, 0.25) is 11.7 Å². The summed E-state index contributed by atoms with van der Waals surface area (Å²) in [5.74, 6) is 1.40. The highest BCUT2D eigenvalue weighted by Gasteiger charge is 2.20. The minimum atomic E-state index is -0.342. The Morgan fingerprint density at radius 2 is 1.59 bits per heavy atom. The number of fused-ring (bicyclic) bond motifs is 1. The van der Waals surface area contributed by atoms with E-state index in [0.717, 1.165) is 22.4 Å². The summed E-state index contributed by atoms with van der Waals surface area (Å²) < 4.78 is 8.44. The van der Waals surface area contributed by atoms with Crippen LogP contribution in [0.1, 0.15) is 22.4 Å². The Hall–Kier alpha value is -4.72. The quantitative estimate of drug-likeness (QED) is 0.355. The third-order valence-corrected chi connectivity index (χ3v) is 6.33. The largest absolute Gasteiger partial charge is 0.497 e. The Kier molecular flexibility index (Phi) is 6.81. The van der Waals surface area contributed by atoms with Gasteiger partial charge in [0.05, 0.1) is 20.1 Å². The summed E-state index contributed by atoms with van der Waals surface area (Å²) in [5, 5.41) is 7.45. The van der Waals surface area contributed by atoms with Gasteiger partial charge in [0.1, 0.15) is 5.75 Å². The van der Waals surface area contributed by atoms with Crippen molar-refractivity contribution in [2.75, 3.05) is 7.11 Å². The summed E-state index contributed by atoms with van der Waals surface area (Å²) in [4.78, 5) is 31.2. The molecule has 8 heteroatoms. The van der Waals surface area contributed by atoms with Crippen LogP contribution < -0.4 is 15.6 Å². The Bertz CT molecular complexity index is 1590. The lowest BCUT2D eigenvalue weighted by Crippen LogP contribution is -2.32. The molecule has 0 aliphatic heterocycles. The Morgan fingerprint density at radius 3 is 2.27 bits per heavy atom. The van der Waals surface area contributed by atoms with Crippen LogP contribution in [0, 0.1) is 6.92 Å². The maximum atomic E-state index is 13.5. The molecule has 2 heterocycles. The maximum Gasteiger partial charge on any atom is 0.279 e. The van der Waals surface area contributed by atoms with Crippen LogP contribution in [-0.2, 0) is 24.3 Å². The number of aromatic nitrogens is 4. The predicted octanol–water partition coefficient (Wildman–Crippen LogP) is 3.78. The number of amides is 1. The van der Waals surface area contributed by atoms with Crippen molar-refractivity contribution >= 4 is 11.7 Å². The number of carbonyl (C=O) groups is 1. The molecule has 0 spiro atoms. The molecular weight excluding hydrogens is 466 g/mol. The van der Waals surface area contributed by atoms with E-state index in [9.17, 15) is 9.59 Å². The summed E-state index contributed by atoms with van der Waals surface area (Å²) in [6.07, 6.45) is -0.0634. The zero-order chi connectivity index (χ0) is 25.8. The number of nitrogens with one attached hydrogen (secondary N) is 1. The molecule has 2 aromatic heterocycles. The van der Waals surface area contributed by atoms with Crippen molar-refractivity contribution < 1.29 is 9.53 Å². The first-order chi connectivity index (χ1) is 18.0. The highest BCUT2D eigenvalue weighted by atomic mass is 16.5. The molecular formula is C29H27N5O3. The topological polar surface area (TPSA) is 90.5 Å². The van der Waals surface area contributed by atoms with Crippen LogP contribution in [0.25, 0.3) is 17.2 Å². The van der Waals surface area contributed by atoms with E-state index in [1.165, 1.54) is 4.52 Å². The summed E-state index contributed by atoms with van der Waals surface area (Å²) in [7, 11) is 1.61. The summed E-state index contributed by atoms with van der Waals surface area (Å²) >= 11 is 0. The Morgan fingerprint density at radius 1 is 0.919 bits per heavy atom. The van der Waals surface area contributed by atoms with Crippen LogP contribution in [0.15, 0.2) is 89.7 Å². The highest BCUT2D eigenvalue weighted by Crippen LogP contribution is 2.18. The molecule has 37 heavy (non-hydrogen) atoms. The molecule has 0 aliphatic rings. The SMILES string of the molecule is COc1ccc(CNC(=O)Cc2c(C)n(Cc3ccccc3)c3nc(-c4ccccc4)nn3c2=O)cc1. The molecule has 0 atom stereocenters. The molecule has 0 saturated heterocycles. The van der Waals surface area contributed by atoms with Crippen LogP contribution in [0.5, 0.6) is 5.75 Å². The van der Waals surface area contributed by atoms with Crippen LogP contribution >= 0.6 is 0 Å². The molecule has 0 bridgehead atoms. The van der Waals surface area contributed by atoms with Crippen LogP contribution in [0.4, 0.5) is 0 Å². The molecule has 0 aliphatic carbocycles. The van der Waals surface area contributed by atoms with Gasteiger partial charge in [-0.25, -0.2) is 0 Å². The number of ether oxygens (including phenoxy) is 1.